The van der Waals surface area contributed by atoms with E-state index in [9.17, 15) is 9.59 Å². The number of ether oxygens (including phenoxy) is 2. The number of carbonyl (C=O) groups is 2. The molecule has 1 aliphatic heterocycles. The molecule has 0 spiro atoms. The molecular weight excluding hydrogens is 228 g/mol. The molecule has 1 aliphatic rings. The van der Waals surface area contributed by atoms with Gasteiger partial charge in [-0.15, -0.1) is 0 Å². The Balaban J connectivity index is 2.20. The molecule has 7 nitrogen and oxygen atoms in total. The van der Waals surface area contributed by atoms with Gasteiger partial charge in [0.05, 0.1) is 18.6 Å². The predicted octanol–water partition coefficient (Wildman–Crippen LogP) is -0.626. The lowest BCUT2D eigenvalue weighted by Gasteiger charge is -2.36. The molecule has 0 bridgehead atoms. The molecule has 2 amide bonds. The molecule has 0 aromatic rings. The molecule has 7 heteroatoms. The van der Waals surface area contributed by atoms with Gasteiger partial charge in [-0.25, -0.2) is 4.79 Å². The van der Waals surface area contributed by atoms with Gasteiger partial charge in [-0.1, -0.05) is 0 Å². The molecule has 1 atom stereocenters. The SMILES string of the molecule is COCC(CNC(=O)N1CC(C(=O)O)C1)OC. The van der Waals surface area contributed by atoms with Crippen LogP contribution in [-0.4, -0.2) is 68.6 Å². The van der Waals surface area contributed by atoms with Gasteiger partial charge in [0.25, 0.3) is 0 Å². The van der Waals surface area contributed by atoms with Crippen molar-refractivity contribution in [2.24, 2.45) is 5.92 Å². The fourth-order valence-electron chi connectivity index (χ4n) is 1.51. The molecule has 0 radical (unpaired) electrons. The largest absolute Gasteiger partial charge is 0.481 e. The first-order valence-corrected chi connectivity index (χ1v) is 5.35. The molecule has 2 N–H and O–H groups in total. The molecule has 1 rings (SSSR count). The van der Waals surface area contributed by atoms with E-state index in [1.54, 1.807) is 14.2 Å². The summed E-state index contributed by atoms with van der Waals surface area (Å²) < 4.78 is 9.99. The molecule has 17 heavy (non-hydrogen) atoms. The van der Waals surface area contributed by atoms with Crippen molar-refractivity contribution in [2.45, 2.75) is 6.10 Å². The monoisotopic (exact) mass is 246 g/mol. The number of likely N-dealkylation sites (tertiary alicyclic amines) is 1. The summed E-state index contributed by atoms with van der Waals surface area (Å²) in [5.41, 5.74) is 0. The molecule has 0 saturated carbocycles. The average molecular weight is 246 g/mol. The lowest BCUT2D eigenvalue weighted by atomic mass is 10.0. The maximum absolute atomic E-state index is 11.5. The van der Waals surface area contributed by atoms with Crippen LogP contribution in [0, 0.1) is 5.92 Å². The molecule has 1 saturated heterocycles. The molecule has 0 aromatic heterocycles. The minimum absolute atomic E-state index is 0.194. The minimum Gasteiger partial charge on any atom is -0.481 e. The van der Waals surface area contributed by atoms with Gasteiger partial charge in [0, 0.05) is 33.9 Å². The molecule has 0 aliphatic carbocycles. The first-order chi connectivity index (χ1) is 8.08. The number of aliphatic carboxylic acids is 1. The number of methoxy groups -OCH3 is 2. The van der Waals surface area contributed by atoms with Crippen LogP contribution in [-0.2, 0) is 14.3 Å². The number of carboxylic acid groups (broad SMARTS) is 1. The van der Waals surface area contributed by atoms with Gasteiger partial charge < -0.3 is 24.8 Å². The van der Waals surface area contributed by atoms with E-state index < -0.39 is 11.9 Å². The number of nitrogens with zero attached hydrogens (tertiary/aromatic N) is 1. The van der Waals surface area contributed by atoms with Gasteiger partial charge in [0.1, 0.15) is 0 Å². The molecule has 1 heterocycles. The van der Waals surface area contributed by atoms with Crippen LogP contribution < -0.4 is 5.32 Å². The highest BCUT2D eigenvalue weighted by atomic mass is 16.5. The molecule has 1 unspecified atom stereocenters. The highest BCUT2D eigenvalue weighted by Crippen LogP contribution is 2.15. The van der Waals surface area contributed by atoms with Crippen LogP contribution >= 0.6 is 0 Å². The Hall–Kier alpha value is -1.34. The Bertz CT molecular complexity index is 278. The van der Waals surface area contributed by atoms with Crippen LogP contribution in [0.25, 0.3) is 0 Å². The normalized spacial score (nSPS) is 17.4. The number of hydrogen-bond donors (Lipinski definition) is 2. The fourth-order valence-corrected chi connectivity index (χ4v) is 1.51. The van der Waals surface area contributed by atoms with Gasteiger partial charge in [-0.2, -0.15) is 0 Å². The van der Waals surface area contributed by atoms with Crippen LogP contribution in [0.3, 0.4) is 0 Å². The third-order valence-corrected chi connectivity index (χ3v) is 2.68. The number of urea groups is 1. The van der Waals surface area contributed by atoms with Crippen LogP contribution in [0.15, 0.2) is 0 Å². The van der Waals surface area contributed by atoms with E-state index in [0.717, 1.165) is 0 Å². The fraction of sp³-hybridized carbons (Fsp3) is 0.800. The lowest BCUT2D eigenvalue weighted by Crippen LogP contribution is -2.57. The second-order valence-electron chi connectivity index (χ2n) is 3.94. The Morgan fingerprint density at radius 3 is 2.59 bits per heavy atom. The zero-order chi connectivity index (χ0) is 12.8. The standard InChI is InChI=1S/C10H18N2O5/c1-16-6-8(17-2)3-11-10(15)12-4-7(5-12)9(13)14/h7-8H,3-6H2,1-2H3,(H,11,15)(H,13,14). The highest BCUT2D eigenvalue weighted by molar-refractivity contribution is 5.79. The van der Waals surface area contributed by atoms with Crippen LogP contribution in [0.1, 0.15) is 0 Å². The van der Waals surface area contributed by atoms with Crippen molar-refractivity contribution in [3.05, 3.63) is 0 Å². The number of carbonyl (C=O) groups excluding carboxylic acids is 1. The van der Waals surface area contributed by atoms with E-state index in [0.29, 0.717) is 13.2 Å². The Labute approximate surface area is 99.7 Å². The summed E-state index contributed by atoms with van der Waals surface area (Å²) in [5.74, 6) is -1.29. The van der Waals surface area contributed by atoms with E-state index in [1.807, 2.05) is 0 Å². The predicted molar refractivity (Wildman–Crippen MR) is 58.8 cm³/mol. The maximum Gasteiger partial charge on any atom is 0.317 e. The lowest BCUT2D eigenvalue weighted by molar-refractivity contribution is -0.146. The molecule has 98 valence electrons. The van der Waals surface area contributed by atoms with Crippen molar-refractivity contribution in [3.63, 3.8) is 0 Å². The Morgan fingerprint density at radius 2 is 2.12 bits per heavy atom. The zero-order valence-corrected chi connectivity index (χ0v) is 10.0. The van der Waals surface area contributed by atoms with Crippen LogP contribution in [0.4, 0.5) is 4.79 Å². The van der Waals surface area contributed by atoms with E-state index in [4.69, 9.17) is 14.6 Å². The van der Waals surface area contributed by atoms with Gasteiger partial charge in [0.2, 0.25) is 0 Å². The third kappa shape index (κ3) is 3.86. The van der Waals surface area contributed by atoms with Gasteiger partial charge in [-0.05, 0) is 0 Å². The Kier molecular flexibility index (Phi) is 5.17. The molecule has 0 aromatic carbocycles. The number of nitrogens with one attached hydrogen (secondary N) is 1. The summed E-state index contributed by atoms with van der Waals surface area (Å²) in [6.45, 7) is 1.28. The van der Waals surface area contributed by atoms with Crippen LogP contribution in [0.5, 0.6) is 0 Å². The number of carboxylic acids is 1. The summed E-state index contributed by atoms with van der Waals surface area (Å²) in [7, 11) is 3.10. The second-order valence-corrected chi connectivity index (χ2v) is 3.94. The zero-order valence-electron chi connectivity index (χ0n) is 10.0. The van der Waals surface area contributed by atoms with E-state index in [2.05, 4.69) is 5.32 Å². The van der Waals surface area contributed by atoms with E-state index in [-0.39, 0.29) is 25.2 Å². The molecular formula is C10H18N2O5. The quantitative estimate of drug-likeness (QED) is 0.651. The van der Waals surface area contributed by atoms with E-state index in [1.165, 1.54) is 4.90 Å². The van der Waals surface area contributed by atoms with Gasteiger partial charge in [0.15, 0.2) is 0 Å². The summed E-state index contributed by atoms with van der Waals surface area (Å²) in [6, 6.07) is -0.263. The summed E-state index contributed by atoms with van der Waals surface area (Å²) in [5, 5.41) is 11.3. The van der Waals surface area contributed by atoms with Crippen molar-refractivity contribution < 1.29 is 24.2 Å². The van der Waals surface area contributed by atoms with Crippen molar-refractivity contribution >= 4 is 12.0 Å². The summed E-state index contributed by atoms with van der Waals surface area (Å²) in [4.78, 5) is 23.6. The number of rotatable bonds is 6. The Morgan fingerprint density at radius 1 is 1.47 bits per heavy atom. The van der Waals surface area contributed by atoms with Crippen molar-refractivity contribution in [1.82, 2.24) is 10.2 Å². The minimum atomic E-state index is -0.858. The topological polar surface area (TPSA) is 88.1 Å². The molecule has 1 fully saturated rings. The van der Waals surface area contributed by atoms with E-state index >= 15 is 0 Å². The van der Waals surface area contributed by atoms with Crippen molar-refractivity contribution in [1.29, 1.82) is 0 Å². The highest BCUT2D eigenvalue weighted by Gasteiger charge is 2.35. The van der Waals surface area contributed by atoms with Crippen molar-refractivity contribution in [3.8, 4) is 0 Å². The summed E-state index contributed by atoms with van der Waals surface area (Å²) >= 11 is 0. The first-order valence-electron chi connectivity index (χ1n) is 5.35. The average Bonchev–Trinajstić information content (AvgIpc) is 2.21. The number of hydrogen-bond acceptors (Lipinski definition) is 4. The smallest absolute Gasteiger partial charge is 0.317 e. The number of amides is 2. The first kappa shape index (κ1) is 13.7. The van der Waals surface area contributed by atoms with Gasteiger partial charge >= 0.3 is 12.0 Å². The maximum atomic E-state index is 11.5. The second kappa shape index (κ2) is 6.41. The van der Waals surface area contributed by atoms with Crippen LogP contribution in [0.2, 0.25) is 0 Å². The summed E-state index contributed by atoms with van der Waals surface area (Å²) in [6.07, 6.45) is -0.194. The van der Waals surface area contributed by atoms with Gasteiger partial charge in [-0.3, -0.25) is 4.79 Å². The van der Waals surface area contributed by atoms with Crippen molar-refractivity contribution in [2.75, 3.05) is 40.5 Å². The third-order valence-electron chi connectivity index (χ3n) is 2.68.